The van der Waals surface area contributed by atoms with Crippen molar-refractivity contribution in [1.29, 1.82) is 0 Å². The summed E-state index contributed by atoms with van der Waals surface area (Å²) in [4.78, 5) is 0. The molecule has 0 saturated heterocycles. The molecule has 0 saturated carbocycles. The molecular weight excluding hydrogens is 192 g/mol. The maximum atomic E-state index is 8.66. The number of aliphatic hydroxyl groups is 2. The molecule has 0 radical (unpaired) electrons. The van der Waals surface area contributed by atoms with E-state index in [1.54, 1.807) is 0 Å². The predicted molar refractivity (Wildman–Crippen MR) is 48.4 cm³/mol. The molecule has 0 bridgehead atoms. The molecule has 0 amide bonds. The summed E-state index contributed by atoms with van der Waals surface area (Å²) >= 11 is 0. The van der Waals surface area contributed by atoms with E-state index in [2.05, 4.69) is 14.1 Å². The van der Waals surface area contributed by atoms with Crippen LogP contribution in [-0.4, -0.2) is 54.7 Å². The number of quaternary nitrogens is 1. The van der Waals surface area contributed by atoms with Crippen LogP contribution in [0.3, 0.4) is 0 Å². The van der Waals surface area contributed by atoms with Gasteiger partial charge in [0.05, 0.1) is 27.2 Å². The smallest absolute Gasteiger partial charge is 0.156 e. The van der Waals surface area contributed by atoms with E-state index in [1.807, 2.05) is 0 Å². The van der Waals surface area contributed by atoms with Gasteiger partial charge in [-0.1, -0.05) is 0 Å². The van der Waals surface area contributed by atoms with Gasteiger partial charge in [-0.2, -0.15) is 0 Å². The highest BCUT2D eigenvalue weighted by molar-refractivity contribution is 4.41. The van der Waals surface area contributed by atoms with Gasteiger partial charge in [0.1, 0.15) is 0 Å². The third-order valence-corrected chi connectivity index (χ3v) is 1.96. The van der Waals surface area contributed by atoms with Crippen molar-refractivity contribution in [2.24, 2.45) is 5.73 Å². The second-order valence-electron chi connectivity index (χ2n) is 3.79. The fourth-order valence-corrected chi connectivity index (χ4v) is 1.10. The maximum absolute atomic E-state index is 8.66. The Labute approximate surface area is 86.3 Å². The van der Waals surface area contributed by atoms with Gasteiger partial charge in [-0.15, -0.1) is 0 Å². The summed E-state index contributed by atoms with van der Waals surface area (Å²) in [5.74, 6) is 0. The van der Waals surface area contributed by atoms with Crippen molar-refractivity contribution in [3.8, 4) is 0 Å². The number of halogens is 1. The molecule has 0 fully saturated rings. The van der Waals surface area contributed by atoms with E-state index in [0.717, 1.165) is 24.0 Å². The Morgan fingerprint density at radius 2 is 1.77 bits per heavy atom. The monoisotopic (exact) mass is 212 g/mol. The maximum Gasteiger partial charge on any atom is 0.156 e. The zero-order valence-corrected chi connectivity index (χ0v) is 9.17. The molecule has 0 aliphatic heterocycles. The van der Waals surface area contributed by atoms with Gasteiger partial charge in [-0.05, 0) is 6.54 Å². The lowest BCUT2D eigenvalue weighted by atomic mass is 10.3. The van der Waals surface area contributed by atoms with Gasteiger partial charge in [-0.25, -0.2) is 0 Å². The normalized spacial score (nSPS) is 11.5. The SMILES string of the molecule is C[N+](C)(CCCN)CCC(O)O.[Cl-]. The molecule has 5 heteroatoms. The molecule has 0 rings (SSSR count). The Kier molecular flexibility index (Phi) is 9.03. The molecule has 0 aliphatic carbocycles. The van der Waals surface area contributed by atoms with E-state index in [-0.39, 0.29) is 12.4 Å². The van der Waals surface area contributed by atoms with Gasteiger partial charge in [0.2, 0.25) is 0 Å². The van der Waals surface area contributed by atoms with Crippen molar-refractivity contribution in [2.75, 3.05) is 33.7 Å². The van der Waals surface area contributed by atoms with Gasteiger partial charge in [0.25, 0.3) is 0 Å². The van der Waals surface area contributed by atoms with Gasteiger partial charge in [0.15, 0.2) is 6.29 Å². The molecule has 0 aliphatic rings. The minimum atomic E-state index is -1.18. The van der Waals surface area contributed by atoms with Crippen LogP contribution in [0.5, 0.6) is 0 Å². The van der Waals surface area contributed by atoms with E-state index in [1.165, 1.54) is 0 Å². The molecule has 0 unspecified atom stereocenters. The van der Waals surface area contributed by atoms with Crippen molar-refractivity contribution >= 4 is 0 Å². The summed E-state index contributed by atoms with van der Waals surface area (Å²) in [6.45, 7) is 2.46. The summed E-state index contributed by atoms with van der Waals surface area (Å²) in [6, 6.07) is 0. The van der Waals surface area contributed by atoms with Crippen molar-refractivity contribution in [3.05, 3.63) is 0 Å². The highest BCUT2D eigenvalue weighted by Gasteiger charge is 2.15. The highest BCUT2D eigenvalue weighted by atomic mass is 35.5. The molecule has 0 spiro atoms. The summed E-state index contributed by atoms with van der Waals surface area (Å²) < 4.78 is 0.800. The largest absolute Gasteiger partial charge is 1.00 e. The number of nitrogens with two attached hydrogens (primary N) is 1. The molecule has 82 valence electrons. The number of hydrogen-bond acceptors (Lipinski definition) is 3. The fourth-order valence-electron chi connectivity index (χ4n) is 1.10. The first kappa shape index (κ1) is 15.6. The van der Waals surface area contributed by atoms with Crippen LogP contribution in [0, 0.1) is 0 Å². The number of rotatable bonds is 6. The Morgan fingerprint density at radius 1 is 1.23 bits per heavy atom. The van der Waals surface area contributed by atoms with Crippen molar-refractivity contribution < 1.29 is 27.1 Å². The van der Waals surface area contributed by atoms with Crippen molar-refractivity contribution in [1.82, 2.24) is 0 Å². The summed E-state index contributed by atoms with van der Waals surface area (Å²) in [7, 11) is 4.14. The second kappa shape index (κ2) is 7.53. The molecule has 0 aromatic carbocycles. The lowest BCUT2D eigenvalue weighted by molar-refractivity contribution is -0.891. The Balaban J connectivity index is 0. The van der Waals surface area contributed by atoms with Crippen LogP contribution in [0.25, 0.3) is 0 Å². The van der Waals surface area contributed by atoms with Crippen LogP contribution in [0.2, 0.25) is 0 Å². The van der Waals surface area contributed by atoms with E-state index in [4.69, 9.17) is 15.9 Å². The van der Waals surface area contributed by atoms with Crippen LogP contribution >= 0.6 is 0 Å². The molecule has 0 heterocycles. The molecule has 4 N–H and O–H groups in total. The van der Waals surface area contributed by atoms with Gasteiger partial charge in [-0.3, -0.25) is 0 Å². The molecular formula is C8H21ClN2O2. The topological polar surface area (TPSA) is 66.5 Å². The zero-order valence-electron chi connectivity index (χ0n) is 8.41. The number of aliphatic hydroxyl groups excluding tert-OH is 1. The molecule has 13 heavy (non-hydrogen) atoms. The number of hydrogen-bond donors (Lipinski definition) is 3. The third kappa shape index (κ3) is 10.0. The summed E-state index contributed by atoms with van der Waals surface area (Å²) in [5.41, 5.74) is 5.38. The lowest BCUT2D eigenvalue weighted by Gasteiger charge is -2.29. The predicted octanol–water partition coefficient (Wildman–Crippen LogP) is -3.88. The first-order valence-corrected chi connectivity index (χ1v) is 4.36. The van der Waals surface area contributed by atoms with Crippen LogP contribution in [0.4, 0.5) is 0 Å². The van der Waals surface area contributed by atoms with E-state index >= 15 is 0 Å². The minimum absolute atomic E-state index is 0. The van der Waals surface area contributed by atoms with Gasteiger partial charge in [0, 0.05) is 12.8 Å². The Morgan fingerprint density at radius 3 is 2.15 bits per heavy atom. The lowest BCUT2D eigenvalue weighted by Crippen LogP contribution is -3.00. The first-order chi connectivity index (χ1) is 5.48. The summed E-state index contributed by atoms with van der Waals surface area (Å²) in [5, 5.41) is 17.3. The molecule has 0 aromatic heterocycles. The standard InChI is InChI=1S/C8H21N2O2.ClH/c1-10(2,6-3-5-9)7-4-8(11)12;/h8,11-12H,3-7,9H2,1-2H3;1H/q+1;/p-1. The van der Waals surface area contributed by atoms with Crippen molar-refractivity contribution in [3.63, 3.8) is 0 Å². The van der Waals surface area contributed by atoms with E-state index < -0.39 is 6.29 Å². The van der Waals surface area contributed by atoms with Crippen LogP contribution in [-0.2, 0) is 0 Å². The average Bonchev–Trinajstić information content (AvgIpc) is 1.98. The van der Waals surface area contributed by atoms with Crippen molar-refractivity contribution in [2.45, 2.75) is 19.1 Å². The quantitative estimate of drug-likeness (QED) is 0.312. The van der Waals surface area contributed by atoms with E-state index in [9.17, 15) is 0 Å². The second-order valence-corrected chi connectivity index (χ2v) is 3.79. The van der Waals surface area contributed by atoms with Crippen LogP contribution in [0.15, 0.2) is 0 Å². The third-order valence-electron chi connectivity index (χ3n) is 1.96. The number of nitrogens with zero attached hydrogens (tertiary/aromatic N) is 1. The summed E-state index contributed by atoms with van der Waals surface area (Å²) in [6.07, 6.45) is 0.229. The van der Waals surface area contributed by atoms with Gasteiger partial charge >= 0.3 is 0 Å². The molecule has 0 aromatic rings. The van der Waals surface area contributed by atoms with E-state index in [0.29, 0.717) is 13.0 Å². The van der Waals surface area contributed by atoms with Crippen LogP contribution < -0.4 is 18.1 Å². The fraction of sp³-hybridized carbons (Fsp3) is 1.00. The van der Waals surface area contributed by atoms with Crippen LogP contribution in [0.1, 0.15) is 12.8 Å². The first-order valence-electron chi connectivity index (χ1n) is 4.36. The Hall–Kier alpha value is 0.130. The van der Waals surface area contributed by atoms with Gasteiger partial charge < -0.3 is 32.8 Å². The Bertz CT molecular complexity index is 121. The highest BCUT2D eigenvalue weighted by Crippen LogP contribution is 2.01. The minimum Gasteiger partial charge on any atom is -1.00 e. The molecule has 0 atom stereocenters. The zero-order chi connectivity index (χ0) is 9.61. The molecule has 4 nitrogen and oxygen atoms in total. The average molecular weight is 213 g/mol.